The van der Waals surface area contributed by atoms with Crippen LogP contribution in [0.2, 0.25) is 0 Å². The van der Waals surface area contributed by atoms with Crippen molar-refractivity contribution in [3.63, 3.8) is 0 Å². The van der Waals surface area contributed by atoms with Crippen LogP contribution in [0, 0.1) is 11.3 Å². The maximum atomic E-state index is 13.1. The van der Waals surface area contributed by atoms with Gasteiger partial charge in [-0.05, 0) is 35.1 Å². The van der Waals surface area contributed by atoms with Crippen LogP contribution in [-0.4, -0.2) is 55.0 Å². The Morgan fingerprint density at radius 3 is 2.26 bits per heavy atom. The monoisotopic (exact) mass is 480 g/mol. The number of hydrogen-bond acceptors (Lipinski definition) is 5. The van der Waals surface area contributed by atoms with E-state index in [-0.39, 0.29) is 44.0 Å². The first-order chi connectivity index (χ1) is 16.7. The summed E-state index contributed by atoms with van der Waals surface area (Å²) in [7, 11) is 0. The van der Waals surface area contributed by atoms with E-state index < -0.39 is 29.6 Å². The number of fused-ring (bicyclic) bond motifs is 3. The molecule has 3 N–H and O–H groups in total. The third-order valence-corrected chi connectivity index (χ3v) is 7.13. The van der Waals surface area contributed by atoms with Crippen LogP contribution in [0.3, 0.4) is 0 Å². The summed E-state index contributed by atoms with van der Waals surface area (Å²) in [6.07, 6.45) is -0.794. The van der Waals surface area contributed by atoms with E-state index in [0.29, 0.717) is 0 Å². The van der Waals surface area contributed by atoms with Crippen LogP contribution in [0.4, 0.5) is 4.79 Å². The molecule has 0 bridgehead atoms. The Morgan fingerprint density at radius 1 is 1.09 bits per heavy atom. The van der Waals surface area contributed by atoms with Gasteiger partial charge in [0.1, 0.15) is 6.61 Å². The predicted octanol–water partition coefficient (Wildman–Crippen LogP) is 3.55. The van der Waals surface area contributed by atoms with Crippen LogP contribution < -0.4 is 10.6 Å². The van der Waals surface area contributed by atoms with Gasteiger partial charge in [-0.15, -0.1) is 0 Å². The molecule has 2 unspecified atom stereocenters. The fraction of sp³-hybridized carbons (Fsp3) is 0.444. The van der Waals surface area contributed by atoms with Crippen LogP contribution in [0.25, 0.3) is 11.1 Å². The van der Waals surface area contributed by atoms with Gasteiger partial charge in [-0.3, -0.25) is 9.59 Å². The number of carbonyl (C=O) groups excluding carboxylic acids is 2. The van der Waals surface area contributed by atoms with Crippen molar-refractivity contribution in [2.45, 2.75) is 45.2 Å². The molecule has 2 aromatic rings. The number of carbonyl (C=O) groups is 3. The van der Waals surface area contributed by atoms with Gasteiger partial charge in [-0.2, -0.15) is 0 Å². The van der Waals surface area contributed by atoms with Crippen molar-refractivity contribution >= 4 is 18.0 Å². The van der Waals surface area contributed by atoms with Crippen LogP contribution >= 0.6 is 0 Å². The lowest BCUT2D eigenvalue weighted by Crippen LogP contribution is -2.56. The van der Waals surface area contributed by atoms with Gasteiger partial charge in [0.05, 0.1) is 31.1 Å². The minimum atomic E-state index is -1.04. The van der Waals surface area contributed by atoms with Crippen LogP contribution in [0.1, 0.15) is 44.2 Å². The fourth-order valence-corrected chi connectivity index (χ4v) is 4.86. The van der Waals surface area contributed by atoms with Crippen molar-refractivity contribution in [1.29, 1.82) is 0 Å². The normalized spacial score (nSPS) is 21.8. The average Bonchev–Trinajstić information content (AvgIpc) is 3.35. The molecule has 0 radical (unpaired) electrons. The number of alkyl carbamates (subject to hydrolysis) is 1. The van der Waals surface area contributed by atoms with Gasteiger partial charge in [0, 0.05) is 12.0 Å². The first kappa shape index (κ1) is 24.7. The molecular weight excluding hydrogens is 448 g/mol. The maximum Gasteiger partial charge on any atom is 0.407 e. The van der Waals surface area contributed by atoms with Gasteiger partial charge in [0.15, 0.2) is 0 Å². The Balaban J connectivity index is 1.40. The van der Waals surface area contributed by atoms with E-state index in [1.165, 1.54) is 0 Å². The summed E-state index contributed by atoms with van der Waals surface area (Å²) in [4.78, 5) is 37.1. The highest BCUT2D eigenvalue weighted by Crippen LogP contribution is 2.44. The van der Waals surface area contributed by atoms with Crippen LogP contribution in [-0.2, 0) is 19.1 Å². The Bertz CT molecular complexity index is 1070. The fourth-order valence-electron chi connectivity index (χ4n) is 4.86. The number of amides is 2. The molecule has 1 aliphatic carbocycles. The summed E-state index contributed by atoms with van der Waals surface area (Å²) in [5.74, 6) is -1.45. The number of ether oxygens (including phenoxy) is 2. The second kappa shape index (κ2) is 10.1. The van der Waals surface area contributed by atoms with E-state index in [9.17, 15) is 14.4 Å². The molecule has 8 heteroatoms. The predicted molar refractivity (Wildman–Crippen MR) is 130 cm³/mol. The number of benzene rings is 2. The molecule has 186 valence electrons. The molecule has 1 saturated heterocycles. The molecule has 3 atom stereocenters. The van der Waals surface area contributed by atoms with Gasteiger partial charge in [0.25, 0.3) is 0 Å². The number of aliphatic carboxylic acids is 1. The SMILES string of the molecule is CC(C)[C@@H](CC(=O)O)NC(=O)C1(C)COCC1NC(=O)OCC1c2ccccc2-c2ccccc21. The molecule has 1 aliphatic heterocycles. The summed E-state index contributed by atoms with van der Waals surface area (Å²) in [6, 6.07) is 15.1. The standard InChI is InChI=1S/C27H32N2O6/c1-16(2)22(12-24(30)31)28-25(32)27(3)15-34-14-23(27)29-26(33)35-13-21-19-10-6-4-8-17(19)18-9-5-7-11-20(18)21/h4-11,16,21-23H,12-15H2,1-3H3,(H,28,32)(H,29,33)(H,30,31)/t22-,23?,27?/m1/s1. The van der Waals surface area contributed by atoms with Gasteiger partial charge >= 0.3 is 12.1 Å². The maximum absolute atomic E-state index is 13.1. The summed E-state index contributed by atoms with van der Waals surface area (Å²) in [5.41, 5.74) is 3.48. The lowest BCUT2D eigenvalue weighted by Gasteiger charge is -2.31. The Labute approximate surface area is 205 Å². The zero-order valence-corrected chi connectivity index (χ0v) is 20.2. The van der Waals surface area contributed by atoms with E-state index >= 15 is 0 Å². The molecule has 2 amide bonds. The highest BCUT2D eigenvalue weighted by atomic mass is 16.5. The van der Waals surface area contributed by atoms with E-state index in [1.54, 1.807) is 6.92 Å². The van der Waals surface area contributed by atoms with Crippen molar-refractivity contribution in [2.75, 3.05) is 19.8 Å². The zero-order chi connectivity index (χ0) is 25.2. The smallest absolute Gasteiger partial charge is 0.407 e. The third-order valence-electron chi connectivity index (χ3n) is 7.13. The van der Waals surface area contributed by atoms with E-state index in [0.717, 1.165) is 22.3 Å². The van der Waals surface area contributed by atoms with Crippen molar-refractivity contribution in [2.24, 2.45) is 11.3 Å². The van der Waals surface area contributed by atoms with Gasteiger partial charge in [-0.25, -0.2) is 4.79 Å². The number of nitrogens with one attached hydrogen (secondary N) is 2. The third kappa shape index (κ3) is 5.03. The summed E-state index contributed by atoms with van der Waals surface area (Å²) >= 11 is 0. The zero-order valence-electron chi connectivity index (χ0n) is 20.2. The first-order valence-corrected chi connectivity index (χ1v) is 11.9. The van der Waals surface area contributed by atoms with E-state index in [4.69, 9.17) is 14.6 Å². The Kier molecular flexibility index (Phi) is 7.12. The van der Waals surface area contributed by atoms with Crippen molar-refractivity contribution < 1.29 is 29.0 Å². The Hall–Kier alpha value is -3.39. The highest BCUT2D eigenvalue weighted by Gasteiger charge is 2.48. The number of carboxylic acids is 1. The second-order valence-corrected chi connectivity index (χ2v) is 9.88. The minimum Gasteiger partial charge on any atom is -0.481 e. The van der Waals surface area contributed by atoms with Crippen molar-refractivity contribution in [3.05, 3.63) is 59.7 Å². The molecule has 1 fully saturated rings. The van der Waals surface area contributed by atoms with Gasteiger partial charge in [0.2, 0.25) is 5.91 Å². The summed E-state index contributed by atoms with van der Waals surface area (Å²) < 4.78 is 11.2. The molecule has 0 aromatic heterocycles. The second-order valence-electron chi connectivity index (χ2n) is 9.88. The molecular formula is C27H32N2O6. The molecule has 0 saturated carbocycles. The lowest BCUT2D eigenvalue weighted by molar-refractivity contribution is -0.138. The van der Waals surface area contributed by atoms with E-state index in [2.05, 4.69) is 34.9 Å². The molecule has 0 spiro atoms. The van der Waals surface area contributed by atoms with Crippen LogP contribution in [0.15, 0.2) is 48.5 Å². The molecule has 1 heterocycles. The number of rotatable bonds is 8. The number of hydrogen-bond donors (Lipinski definition) is 3. The molecule has 4 rings (SSSR count). The molecule has 2 aliphatic rings. The minimum absolute atomic E-state index is 0.0606. The summed E-state index contributed by atoms with van der Waals surface area (Å²) in [6.45, 7) is 5.87. The largest absolute Gasteiger partial charge is 0.481 e. The quantitative estimate of drug-likeness (QED) is 0.533. The van der Waals surface area contributed by atoms with Crippen LogP contribution in [0.5, 0.6) is 0 Å². The van der Waals surface area contributed by atoms with Crippen molar-refractivity contribution in [1.82, 2.24) is 10.6 Å². The number of carboxylic acid groups (broad SMARTS) is 1. The van der Waals surface area contributed by atoms with Gasteiger partial charge < -0.3 is 25.2 Å². The lowest BCUT2D eigenvalue weighted by atomic mass is 9.83. The molecule has 35 heavy (non-hydrogen) atoms. The first-order valence-electron chi connectivity index (χ1n) is 11.9. The Morgan fingerprint density at radius 2 is 1.69 bits per heavy atom. The molecule has 8 nitrogen and oxygen atoms in total. The summed E-state index contributed by atoms with van der Waals surface area (Å²) in [5, 5.41) is 14.8. The average molecular weight is 481 g/mol. The van der Waals surface area contributed by atoms with Crippen molar-refractivity contribution in [3.8, 4) is 11.1 Å². The molecule has 2 aromatic carbocycles. The highest BCUT2D eigenvalue weighted by molar-refractivity contribution is 5.85. The van der Waals surface area contributed by atoms with E-state index in [1.807, 2.05) is 38.1 Å². The van der Waals surface area contributed by atoms with Gasteiger partial charge in [-0.1, -0.05) is 62.4 Å². The topological polar surface area (TPSA) is 114 Å².